The SMILES string of the molecule is NCCn1ccnc1-c1ccccn1. The third-order valence-corrected chi connectivity index (χ3v) is 1.98. The second kappa shape index (κ2) is 4.02. The second-order valence-electron chi connectivity index (χ2n) is 2.95. The molecule has 0 aliphatic heterocycles. The first-order valence-corrected chi connectivity index (χ1v) is 4.54. The maximum atomic E-state index is 5.50. The van der Waals surface area contributed by atoms with E-state index in [1.54, 1.807) is 12.4 Å². The van der Waals surface area contributed by atoms with Gasteiger partial charge >= 0.3 is 0 Å². The van der Waals surface area contributed by atoms with Crippen LogP contribution < -0.4 is 5.73 Å². The van der Waals surface area contributed by atoms with E-state index < -0.39 is 0 Å². The zero-order chi connectivity index (χ0) is 9.80. The van der Waals surface area contributed by atoms with Gasteiger partial charge in [0.1, 0.15) is 5.69 Å². The molecule has 2 aromatic rings. The maximum absolute atomic E-state index is 5.50. The molecule has 0 saturated heterocycles. The van der Waals surface area contributed by atoms with Crippen molar-refractivity contribution in [3.63, 3.8) is 0 Å². The summed E-state index contributed by atoms with van der Waals surface area (Å²) in [6, 6.07) is 5.78. The molecule has 0 aliphatic carbocycles. The smallest absolute Gasteiger partial charge is 0.158 e. The lowest BCUT2D eigenvalue weighted by atomic mass is 10.3. The molecule has 72 valence electrons. The number of imidazole rings is 1. The zero-order valence-corrected chi connectivity index (χ0v) is 7.80. The van der Waals surface area contributed by atoms with Crippen LogP contribution in [0.25, 0.3) is 11.5 Å². The van der Waals surface area contributed by atoms with Crippen molar-refractivity contribution in [2.75, 3.05) is 6.54 Å². The zero-order valence-electron chi connectivity index (χ0n) is 7.80. The quantitative estimate of drug-likeness (QED) is 0.778. The van der Waals surface area contributed by atoms with E-state index in [2.05, 4.69) is 9.97 Å². The molecule has 0 amide bonds. The summed E-state index contributed by atoms with van der Waals surface area (Å²) in [5.41, 5.74) is 6.38. The Bertz CT molecular complexity index is 394. The Labute approximate surface area is 82.4 Å². The van der Waals surface area contributed by atoms with Gasteiger partial charge in [-0.05, 0) is 12.1 Å². The molecule has 0 atom stereocenters. The van der Waals surface area contributed by atoms with E-state index in [1.165, 1.54) is 0 Å². The Morgan fingerprint density at radius 3 is 2.86 bits per heavy atom. The Morgan fingerprint density at radius 1 is 1.21 bits per heavy atom. The molecule has 2 rings (SSSR count). The maximum Gasteiger partial charge on any atom is 0.158 e. The second-order valence-corrected chi connectivity index (χ2v) is 2.95. The third kappa shape index (κ3) is 1.65. The highest BCUT2D eigenvalue weighted by Crippen LogP contribution is 2.12. The summed E-state index contributed by atoms with van der Waals surface area (Å²) in [6.07, 6.45) is 5.44. The van der Waals surface area contributed by atoms with Gasteiger partial charge in [0.05, 0.1) is 0 Å². The van der Waals surface area contributed by atoms with Crippen molar-refractivity contribution in [3.05, 3.63) is 36.8 Å². The number of hydrogen-bond donors (Lipinski definition) is 1. The number of pyridine rings is 1. The normalized spacial score (nSPS) is 10.4. The van der Waals surface area contributed by atoms with Crippen molar-refractivity contribution >= 4 is 0 Å². The molecule has 0 spiro atoms. The Balaban J connectivity index is 2.37. The number of rotatable bonds is 3. The minimum Gasteiger partial charge on any atom is -0.329 e. The van der Waals surface area contributed by atoms with Crippen LogP contribution in [0, 0.1) is 0 Å². The van der Waals surface area contributed by atoms with E-state index in [-0.39, 0.29) is 0 Å². The summed E-state index contributed by atoms with van der Waals surface area (Å²) in [5.74, 6) is 0.871. The summed E-state index contributed by atoms with van der Waals surface area (Å²) >= 11 is 0. The standard InChI is InChI=1S/C10H12N4/c11-4-7-14-8-6-13-10(14)9-3-1-2-5-12-9/h1-3,5-6,8H,4,7,11H2. The van der Waals surface area contributed by atoms with Crippen LogP contribution in [0.4, 0.5) is 0 Å². The summed E-state index contributed by atoms with van der Waals surface area (Å²) < 4.78 is 2.00. The highest BCUT2D eigenvalue weighted by molar-refractivity contribution is 5.48. The van der Waals surface area contributed by atoms with Crippen LogP contribution in [0.5, 0.6) is 0 Å². The monoisotopic (exact) mass is 188 g/mol. The van der Waals surface area contributed by atoms with Gasteiger partial charge in [0.15, 0.2) is 5.82 Å². The van der Waals surface area contributed by atoms with Crippen LogP contribution in [0.1, 0.15) is 0 Å². The van der Waals surface area contributed by atoms with Crippen LogP contribution in [0.3, 0.4) is 0 Å². The lowest BCUT2D eigenvalue weighted by Gasteiger charge is -2.04. The molecular formula is C10H12N4. The van der Waals surface area contributed by atoms with Crippen molar-refractivity contribution in [1.82, 2.24) is 14.5 Å². The van der Waals surface area contributed by atoms with Gasteiger partial charge in [0, 0.05) is 31.7 Å². The van der Waals surface area contributed by atoms with E-state index in [0.29, 0.717) is 6.54 Å². The fourth-order valence-electron chi connectivity index (χ4n) is 1.36. The molecule has 4 heteroatoms. The molecule has 2 aromatic heterocycles. The van der Waals surface area contributed by atoms with Gasteiger partial charge in [0.2, 0.25) is 0 Å². The van der Waals surface area contributed by atoms with Gasteiger partial charge in [-0.1, -0.05) is 6.07 Å². The van der Waals surface area contributed by atoms with E-state index >= 15 is 0 Å². The highest BCUT2D eigenvalue weighted by atomic mass is 15.1. The molecular weight excluding hydrogens is 176 g/mol. The van der Waals surface area contributed by atoms with Crippen molar-refractivity contribution < 1.29 is 0 Å². The number of hydrogen-bond acceptors (Lipinski definition) is 3. The predicted molar refractivity (Wildman–Crippen MR) is 54.5 cm³/mol. The summed E-state index contributed by atoms with van der Waals surface area (Å²) in [5, 5.41) is 0. The van der Waals surface area contributed by atoms with Crippen LogP contribution in [-0.2, 0) is 6.54 Å². The molecule has 0 unspecified atom stereocenters. The average molecular weight is 188 g/mol. The van der Waals surface area contributed by atoms with Crippen LogP contribution in [-0.4, -0.2) is 21.1 Å². The molecule has 0 aliphatic rings. The first-order chi connectivity index (χ1) is 6.92. The number of nitrogens with two attached hydrogens (primary N) is 1. The molecule has 0 bridgehead atoms. The van der Waals surface area contributed by atoms with Crippen molar-refractivity contribution in [3.8, 4) is 11.5 Å². The Morgan fingerprint density at radius 2 is 2.14 bits per heavy atom. The van der Waals surface area contributed by atoms with E-state index in [9.17, 15) is 0 Å². The topological polar surface area (TPSA) is 56.7 Å². The lowest BCUT2D eigenvalue weighted by molar-refractivity contribution is 0.713. The molecule has 0 aromatic carbocycles. The summed E-state index contributed by atoms with van der Waals surface area (Å²) in [6.45, 7) is 1.38. The predicted octanol–water partition coefficient (Wildman–Crippen LogP) is 0.904. The first kappa shape index (κ1) is 8.90. The van der Waals surface area contributed by atoms with Crippen molar-refractivity contribution in [2.45, 2.75) is 6.54 Å². The van der Waals surface area contributed by atoms with Crippen LogP contribution in [0.15, 0.2) is 36.8 Å². The van der Waals surface area contributed by atoms with Gasteiger partial charge in [-0.3, -0.25) is 4.98 Å². The average Bonchev–Trinajstić information content (AvgIpc) is 2.68. The van der Waals surface area contributed by atoms with Crippen molar-refractivity contribution in [2.24, 2.45) is 5.73 Å². The van der Waals surface area contributed by atoms with E-state index in [0.717, 1.165) is 18.1 Å². The van der Waals surface area contributed by atoms with E-state index in [1.807, 2.05) is 29.0 Å². The fourth-order valence-corrected chi connectivity index (χ4v) is 1.36. The fraction of sp³-hybridized carbons (Fsp3) is 0.200. The lowest BCUT2D eigenvalue weighted by Crippen LogP contribution is -2.10. The molecule has 14 heavy (non-hydrogen) atoms. The summed E-state index contributed by atoms with van der Waals surface area (Å²) in [4.78, 5) is 8.49. The van der Waals surface area contributed by atoms with E-state index in [4.69, 9.17) is 5.73 Å². The molecule has 0 fully saturated rings. The van der Waals surface area contributed by atoms with Gasteiger partial charge in [-0.2, -0.15) is 0 Å². The van der Waals surface area contributed by atoms with Gasteiger partial charge in [-0.15, -0.1) is 0 Å². The van der Waals surface area contributed by atoms with Gasteiger partial charge < -0.3 is 10.3 Å². The van der Waals surface area contributed by atoms with Gasteiger partial charge in [0.25, 0.3) is 0 Å². The first-order valence-electron chi connectivity index (χ1n) is 4.54. The summed E-state index contributed by atoms with van der Waals surface area (Å²) in [7, 11) is 0. The van der Waals surface area contributed by atoms with Gasteiger partial charge in [-0.25, -0.2) is 4.98 Å². The largest absolute Gasteiger partial charge is 0.329 e. The number of aromatic nitrogens is 3. The molecule has 2 N–H and O–H groups in total. The third-order valence-electron chi connectivity index (χ3n) is 1.98. The van der Waals surface area contributed by atoms with Crippen LogP contribution in [0.2, 0.25) is 0 Å². The minimum atomic E-state index is 0.607. The number of nitrogens with zero attached hydrogens (tertiary/aromatic N) is 3. The molecule has 2 heterocycles. The van der Waals surface area contributed by atoms with Crippen molar-refractivity contribution in [1.29, 1.82) is 0 Å². The molecule has 0 saturated carbocycles. The highest BCUT2D eigenvalue weighted by Gasteiger charge is 2.04. The Hall–Kier alpha value is -1.68. The minimum absolute atomic E-state index is 0.607. The van der Waals surface area contributed by atoms with Crippen LogP contribution >= 0.6 is 0 Å². The molecule has 4 nitrogen and oxygen atoms in total. The molecule has 0 radical (unpaired) electrons. The Kier molecular flexibility index (Phi) is 2.55.